The Balaban J connectivity index is 1.96. The lowest BCUT2D eigenvalue weighted by molar-refractivity contribution is -0.160. The van der Waals surface area contributed by atoms with Gasteiger partial charge in [-0.2, -0.15) is 0 Å². The molecule has 6 nitrogen and oxygen atoms in total. The summed E-state index contributed by atoms with van der Waals surface area (Å²) in [6.07, 6.45) is 1.52. The summed E-state index contributed by atoms with van der Waals surface area (Å²) in [5.74, 6) is 0.325. The van der Waals surface area contributed by atoms with Gasteiger partial charge in [-0.25, -0.2) is 9.59 Å². The Kier molecular flexibility index (Phi) is 11.4. The highest BCUT2D eigenvalue weighted by atomic mass is 32.2. The first-order chi connectivity index (χ1) is 16.7. The fourth-order valence-electron chi connectivity index (χ4n) is 2.81. The maximum absolute atomic E-state index is 11.8. The van der Waals surface area contributed by atoms with Crippen LogP contribution in [-0.4, -0.2) is 24.5 Å². The summed E-state index contributed by atoms with van der Waals surface area (Å²) in [7, 11) is 0. The maximum Gasteiger partial charge on any atom is 0.336 e. The van der Waals surface area contributed by atoms with Crippen LogP contribution in [0.4, 0.5) is 0 Å². The van der Waals surface area contributed by atoms with Crippen molar-refractivity contribution in [3.8, 4) is 11.5 Å². The number of rotatable bonds is 14. The molecule has 2 aromatic carbocycles. The molecule has 35 heavy (non-hydrogen) atoms. The van der Waals surface area contributed by atoms with Crippen molar-refractivity contribution >= 4 is 23.7 Å². The first-order valence-electron chi connectivity index (χ1n) is 11.7. The molecule has 0 saturated carbocycles. The highest BCUT2D eigenvalue weighted by molar-refractivity contribution is 7.99. The van der Waals surface area contributed by atoms with Crippen LogP contribution in [0.3, 0.4) is 0 Å². The zero-order valence-corrected chi connectivity index (χ0v) is 21.7. The molecule has 7 heteroatoms. The van der Waals surface area contributed by atoms with Gasteiger partial charge in [-0.05, 0) is 75.2 Å². The largest absolute Gasteiger partial charge is 0.455 e. The number of carbonyl (C=O) groups is 2. The first-order valence-corrected chi connectivity index (χ1v) is 12.5. The van der Waals surface area contributed by atoms with Crippen LogP contribution < -0.4 is 9.47 Å². The van der Waals surface area contributed by atoms with Gasteiger partial charge in [-0.1, -0.05) is 38.8 Å². The van der Waals surface area contributed by atoms with Gasteiger partial charge in [0.05, 0.1) is 0 Å². The van der Waals surface area contributed by atoms with Crippen LogP contribution in [0.25, 0.3) is 0 Å². The zero-order valence-electron chi connectivity index (χ0n) is 20.9. The van der Waals surface area contributed by atoms with Crippen LogP contribution >= 0.6 is 11.8 Å². The van der Waals surface area contributed by atoms with E-state index in [1.807, 2.05) is 62.4 Å². The molecule has 0 aliphatic rings. The van der Waals surface area contributed by atoms with E-state index < -0.39 is 24.5 Å². The predicted octanol–water partition coefficient (Wildman–Crippen LogP) is 7.09. The second-order valence-corrected chi connectivity index (χ2v) is 9.24. The van der Waals surface area contributed by atoms with Crippen molar-refractivity contribution in [2.24, 2.45) is 0 Å². The smallest absolute Gasteiger partial charge is 0.336 e. The van der Waals surface area contributed by atoms with Crippen LogP contribution in [0.2, 0.25) is 0 Å². The molecular formula is C28H34O6S. The second kappa shape index (κ2) is 14.3. The molecule has 0 amide bonds. The van der Waals surface area contributed by atoms with Gasteiger partial charge in [-0.3, -0.25) is 0 Å². The van der Waals surface area contributed by atoms with Crippen molar-refractivity contribution in [3.63, 3.8) is 0 Å². The third-order valence-corrected chi connectivity index (χ3v) is 5.66. The predicted molar refractivity (Wildman–Crippen MR) is 137 cm³/mol. The molecule has 0 saturated heterocycles. The van der Waals surface area contributed by atoms with Gasteiger partial charge in [0.2, 0.25) is 12.6 Å². The first kappa shape index (κ1) is 28.1. The van der Waals surface area contributed by atoms with E-state index in [4.69, 9.17) is 18.9 Å². The SMILES string of the molecule is C=C(C)C(=O)OC(CCC)Oc1ccc(Sc2ccc(OC(CCC)OC(=O)C(=C)C)cc2)cc1. The van der Waals surface area contributed by atoms with Gasteiger partial charge in [0.15, 0.2) is 0 Å². The van der Waals surface area contributed by atoms with Crippen LogP contribution in [0.5, 0.6) is 11.5 Å². The minimum absolute atomic E-state index is 0.339. The molecule has 0 aliphatic carbocycles. The second-order valence-electron chi connectivity index (χ2n) is 8.09. The van der Waals surface area contributed by atoms with Crippen LogP contribution in [0, 0.1) is 0 Å². The molecule has 0 radical (unpaired) electrons. The van der Waals surface area contributed by atoms with Crippen molar-refractivity contribution in [1.29, 1.82) is 0 Å². The quantitative estimate of drug-likeness (QED) is 0.156. The van der Waals surface area contributed by atoms with Gasteiger partial charge in [0, 0.05) is 33.8 Å². The van der Waals surface area contributed by atoms with E-state index in [0.717, 1.165) is 22.6 Å². The molecule has 0 aliphatic heterocycles. The molecule has 0 heterocycles. The highest BCUT2D eigenvalue weighted by Gasteiger charge is 2.17. The van der Waals surface area contributed by atoms with Gasteiger partial charge in [0.25, 0.3) is 0 Å². The van der Waals surface area contributed by atoms with E-state index in [-0.39, 0.29) is 0 Å². The van der Waals surface area contributed by atoms with Crippen LogP contribution in [0.15, 0.2) is 82.6 Å². The van der Waals surface area contributed by atoms with Crippen LogP contribution in [0.1, 0.15) is 53.4 Å². The molecule has 2 aromatic rings. The third kappa shape index (κ3) is 9.91. The summed E-state index contributed by atoms with van der Waals surface area (Å²) in [6.45, 7) is 14.4. The number of hydrogen-bond acceptors (Lipinski definition) is 7. The summed E-state index contributed by atoms with van der Waals surface area (Å²) in [6, 6.07) is 15.2. The molecule has 0 aromatic heterocycles. The van der Waals surface area contributed by atoms with E-state index in [9.17, 15) is 9.59 Å². The number of ether oxygens (including phenoxy) is 4. The Morgan fingerprint density at radius 3 is 1.34 bits per heavy atom. The van der Waals surface area contributed by atoms with Gasteiger partial charge in [0.1, 0.15) is 11.5 Å². The monoisotopic (exact) mass is 498 g/mol. The topological polar surface area (TPSA) is 71.1 Å². The standard InChI is InChI=1S/C28H34O6S/c1-7-9-25(33-27(29)19(3)4)31-21-11-15-23(16-12-21)35-24-17-13-22(14-18-24)32-26(10-8-2)34-28(30)20(5)6/h11-18,25-26H,3,5,7-10H2,1-2,4,6H3. The van der Waals surface area contributed by atoms with Crippen LogP contribution in [-0.2, 0) is 19.1 Å². The van der Waals surface area contributed by atoms with Gasteiger partial charge in [-0.15, -0.1) is 0 Å². The average Bonchev–Trinajstić information content (AvgIpc) is 2.81. The van der Waals surface area contributed by atoms with E-state index in [2.05, 4.69) is 13.2 Å². The Morgan fingerprint density at radius 2 is 1.06 bits per heavy atom. The molecule has 0 N–H and O–H groups in total. The Hall–Kier alpha value is -3.19. The molecule has 0 bridgehead atoms. The number of hydrogen-bond donors (Lipinski definition) is 0. The summed E-state index contributed by atoms with van der Waals surface area (Å²) in [4.78, 5) is 25.7. The number of carbonyl (C=O) groups excluding carboxylic acids is 2. The average molecular weight is 499 g/mol. The summed E-state index contributed by atoms with van der Waals surface area (Å²) < 4.78 is 22.4. The van der Waals surface area contributed by atoms with Crippen molar-refractivity contribution < 1.29 is 28.5 Å². The van der Waals surface area contributed by atoms with E-state index in [0.29, 0.717) is 35.5 Å². The molecule has 0 spiro atoms. The molecule has 0 fully saturated rings. The number of esters is 2. The number of benzene rings is 2. The van der Waals surface area contributed by atoms with Crippen molar-refractivity contribution in [1.82, 2.24) is 0 Å². The van der Waals surface area contributed by atoms with Gasteiger partial charge >= 0.3 is 11.9 Å². The minimum Gasteiger partial charge on any atom is -0.455 e. The van der Waals surface area contributed by atoms with Crippen molar-refractivity contribution in [2.45, 2.75) is 75.7 Å². The molecule has 188 valence electrons. The highest BCUT2D eigenvalue weighted by Crippen LogP contribution is 2.31. The summed E-state index contributed by atoms with van der Waals surface area (Å²) in [5.41, 5.74) is 0.679. The molecule has 2 rings (SSSR count). The normalized spacial score (nSPS) is 12.2. The van der Waals surface area contributed by atoms with E-state index in [1.165, 1.54) is 0 Å². The lowest BCUT2D eigenvalue weighted by Gasteiger charge is -2.19. The Bertz CT molecular complexity index is 916. The molecule has 2 unspecified atom stereocenters. The lowest BCUT2D eigenvalue weighted by atomic mass is 10.3. The minimum atomic E-state index is -0.651. The third-order valence-electron chi connectivity index (χ3n) is 4.64. The van der Waals surface area contributed by atoms with Crippen molar-refractivity contribution in [2.75, 3.05) is 0 Å². The fraction of sp³-hybridized carbons (Fsp3) is 0.357. The van der Waals surface area contributed by atoms with Crippen molar-refractivity contribution in [3.05, 3.63) is 72.8 Å². The molecular weight excluding hydrogens is 464 g/mol. The summed E-state index contributed by atoms with van der Waals surface area (Å²) in [5, 5.41) is 0. The Morgan fingerprint density at radius 1 is 0.714 bits per heavy atom. The van der Waals surface area contributed by atoms with Gasteiger partial charge < -0.3 is 18.9 Å². The molecule has 2 atom stereocenters. The maximum atomic E-state index is 11.8. The Labute approximate surface area is 212 Å². The van der Waals surface area contributed by atoms with E-state index >= 15 is 0 Å². The van der Waals surface area contributed by atoms with E-state index in [1.54, 1.807) is 25.6 Å². The summed E-state index contributed by atoms with van der Waals surface area (Å²) >= 11 is 1.59. The fourth-order valence-corrected chi connectivity index (χ4v) is 3.62. The zero-order chi connectivity index (χ0) is 25.8. The lowest BCUT2D eigenvalue weighted by Crippen LogP contribution is -2.24.